The minimum atomic E-state index is 0.515. The second-order valence-corrected chi connectivity index (χ2v) is 3.58. The molecule has 0 aliphatic carbocycles. The molecule has 0 N–H and O–H groups in total. The molecule has 68 valence electrons. The predicted octanol–water partition coefficient (Wildman–Crippen LogP) is 2.09. The summed E-state index contributed by atoms with van der Waals surface area (Å²) in [4.78, 5) is 0. The molecule has 3 heteroatoms. The number of hydrogen-bond donors (Lipinski definition) is 0. The van der Waals surface area contributed by atoms with Gasteiger partial charge in [0.05, 0.1) is 5.52 Å². The lowest BCUT2D eigenvalue weighted by molar-refractivity contribution is 0.729. The molecule has 0 aliphatic rings. The van der Waals surface area contributed by atoms with Crippen LogP contribution < -0.4 is 0 Å². The fraction of sp³-hybridized carbons (Fsp3) is 0.400. The van der Waals surface area contributed by atoms with Gasteiger partial charge in [-0.2, -0.15) is 0 Å². The van der Waals surface area contributed by atoms with Crippen molar-refractivity contribution in [2.24, 2.45) is 7.05 Å². The van der Waals surface area contributed by atoms with E-state index < -0.39 is 0 Å². The van der Waals surface area contributed by atoms with Gasteiger partial charge < -0.3 is 0 Å². The zero-order chi connectivity index (χ0) is 9.42. The van der Waals surface area contributed by atoms with Crippen LogP contribution in [0.2, 0.25) is 0 Å². The molecule has 0 saturated heterocycles. The summed E-state index contributed by atoms with van der Waals surface area (Å²) in [5, 5.41) is 8.08. The molecular formula is C10H13N3. The summed E-state index contributed by atoms with van der Waals surface area (Å²) in [6.07, 6.45) is 0. The van der Waals surface area contributed by atoms with Gasteiger partial charge in [-0.15, -0.1) is 5.10 Å². The fourth-order valence-corrected chi connectivity index (χ4v) is 1.61. The van der Waals surface area contributed by atoms with Crippen molar-refractivity contribution >= 4 is 11.0 Å². The third-order valence-electron chi connectivity index (χ3n) is 2.28. The molecule has 1 aromatic heterocycles. The first-order chi connectivity index (χ1) is 6.20. The summed E-state index contributed by atoms with van der Waals surface area (Å²) in [5.41, 5.74) is 3.44. The first-order valence-corrected chi connectivity index (χ1v) is 4.48. The van der Waals surface area contributed by atoms with Gasteiger partial charge in [0.25, 0.3) is 0 Å². The Morgan fingerprint density at radius 1 is 1.31 bits per heavy atom. The van der Waals surface area contributed by atoms with Gasteiger partial charge in [-0.05, 0) is 17.5 Å². The first kappa shape index (κ1) is 8.23. The van der Waals surface area contributed by atoms with Crippen LogP contribution in [0.5, 0.6) is 0 Å². The van der Waals surface area contributed by atoms with Crippen LogP contribution in [-0.2, 0) is 7.05 Å². The van der Waals surface area contributed by atoms with Crippen molar-refractivity contribution in [2.45, 2.75) is 19.8 Å². The molecule has 0 aliphatic heterocycles. The smallest absolute Gasteiger partial charge is 0.113 e. The Labute approximate surface area is 77.4 Å². The Bertz CT molecular complexity index is 429. The average molecular weight is 175 g/mol. The molecule has 0 spiro atoms. The summed E-state index contributed by atoms with van der Waals surface area (Å²) < 4.78 is 1.84. The number of rotatable bonds is 1. The zero-order valence-corrected chi connectivity index (χ0v) is 8.15. The molecule has 0 unspecified atom stereocenters. The number of fused-ring (bicyclic) bond motifs is 1. The molecule has 3 nitrogen and oxygen atoms in total. The topological polar surface area (TPSA) is 30.7 Å². The van der Waals surface area contributed by atoms with Crippen LogP contribution in [0.3, 0.4) is 0 Å². The van der Waals surface area contributed by atoms with E-state index in [0.717, 1.165) is 11.0 Å². The van der Waals surface area contributed by atoms with E-state index in [9.17, 15) is 0 Å². The predicted molar refractivity (Wildman–Crippen MR) is 52.6 cm³/mol. The van der Waals surface area contributed by atoms with Gasteiger partial charge in [0.1, 0.15) is 5.52 Å². The van der Waals surface area contributed by atoms with E-state index in [-0.39, 0.29) is 0 Å². The minimum Gasteiger partial charge on any atom is -0.247 e. The molecule has 0 bridgehead atoms. The molecule has 0 amide bonds. The highest BCUT2D eigenvalue weighted by atomic mass is 15.4. The van der Waals surface area contributed by atoms with E-state index in [0.29, 0.717) is 5.92 Å². The number of para-hydroxylation sites is 1. The number of nitrogens with zero attached hydrogens (tertiary/aromatic N) is 3. The number of aromatic nitrogens is 3. The van der Waals surface area contributed by atoms with Crippen molar-refractivity contribution in [3.05, 3.63) is 23.8 Å². The van der Waals surface area contributed by atoms with Crippen LogP contribution in [-0.4, -0.2) is 15.0 Å². The standard InChI is InChI=1S/C10H13N3/c1-7(2)8-5-4-6-9-10(8)13(3)12-11-9/h4-7H,1-3H3. The van der Waals surface area contributed by atoms with Crippen LogP contribution in [0, 0.1) is 0 Å². The molecule has 0 saturated carbocycles. The van der Waals surface area contributed by atoms with Crippen molar-refractivity contribution < 1.29 is 0 Å². The Morgan fingerprint density at radius 3 is 2.77 bits per heavy atom. The van der Waals surface area contributed by atoms with Crippen LogP contribution in [0.25, 0.3) is 11.0 Å². The van der Waals surface area contributed by atoms with Gasteiger partial charge in [0, 0.05) is 7.05 Å². The lowest BCUT2D eigenvalue weighted by atomic mass is 10.0. The molecule has 0 atom stereocenters. The maximum atomic E-state index is 4.07. The maximum Gasteiger partial charge on any atom is 0.113 e. The van der Waals surface area contributed by atoms with Gasteiger partial charge in [-0.25, -0.2) is 4.68 Å². The van der Waals surface area contributed by atoms with Crippen molar-refractivity contribution in [1.82, 2.24) is 15.0 Å². The summed E-state index contributed by atoms with van der Waals surface area (Å²) in [5.74, 6) is 0.515. The third-order valence-corrected chi connectivity index (χ3v) is 2.28. The van der Waals surface area contributed by atoms with Crippen LogP contribution in [0.15, 0.2) is 18.2 Å². The summed E-state index contributed by atoms with van der Waals surface area (Å²) in [6, 6.07) is 6.16. The quantitative estimate of drug-likeness (QED) is 0.664. The molecule has 0 fully saturated rings. The van der Waals surface area contributed by atoms with Crippen LogP contribution in [0.4, 0.5) is 0 Å². The van der Waals surface area contributed by atoms with Crippen molar-refractivity contribution in [1.29, 1.82) is 0 Å². The minimum absolute atomic E-state index is 0.515. The van der Waals surface area contributed by atoms with Crippen LogP contribution in [0.1, 0.15) is 25.3 Å². The molecule has 13 heavy (non-hydrogen) atoms. The zero-order valence-electron chi connectivity index (χ0n) is 8.15. The molecule has 1 aromatic carbocycles. The SMILES string of the molecule is CC(C)c1cccc2nnn(C)c12. The van der Waals surface area contributed by atoms with Gasteiger partial charge in [0.15, 0.2) is 0 Å². The molecule has 2 aromatic rings. The summed E-state index contributed by atoms with van der Waals surface area (Å²) in [7, 11) is 1.93. The lowest BCUT2D eigenvalue weighted by Crippen LogP contribution is -1.95. The van der Waals surface area contributed by atoms with Crippen molar-refractivity contribution in [2.75, 3.05) is 0 Å². The average Bonchev–Trinajstić information content (AvgIpc) is 2.48. The van der Waals surface area contributed by atoms with Gasteiger partial charge in [0.2, 0.25) is 0 Å². The Balaban J connectivity index is 2.80. The largest absolute Gasteiger partial charge is 0.247 e. The molecule has 2 rings (SSSR count). The molecule has 1 heterocycles. The van der Waals surface area contributed by atoms with E-state index in [4.69, 9.17) is 0 Å². The second-order valence-electron chi connectivity index (χ2n) is 3.58. The first-order valence-electron chi connectivity index (χ1n) is 4.48. The summed E-state index contributed by atoms with van der Waals surface area (Å²) in [6.45, 7) is 4.36. The summed E-state index contributed by atoms with van der Waals surface area (Å²) >= 11 is 0. The number of benzene rings is 1. The number of hydrogen-bond acceptors (Lipinski definition) is 2. The van der Waals surface area contributed by atoms with Crippen LogP contribution >= 0.6 is 0 Å². The van der Waals surface area contributed by atoms with Gasteiger partial charge in [-0.3, -0.25) is 0 Å². The van der Waals surface area contributed by atoms with Gasteiger partial charge >= 0.3 is 0 Å². The Morgan fingerprint density at radius 2 is 2.08 bits per heavy atom. The monoisotopic (exact) mass is 175 g/mol. The highest BCUT2D eigenvalue weighted by Crippen LogP contribution is 2.22. The maximum absolute atomic E-state index is 4.07. The Hall–Kier alpha value is -1.38. The highest BCUT2D eigenvalue weighted by Gasteiger charge is 2.08. The van der Waals surface area contributed by atoms with Crippen molar-refractivity contribution in [3.63, 3.8) is 0 Å². The van der Waals surface area contributed by atoms with E-state index in [1.165, 1.54) is 5.56 Å². The van der Waals surface area contributed by atoms with Crippen molar-refractivity contribution in [3.8, 4) is 0 Å². The molecule has 0 radical (unpaired) electrons. The normalized spacial score (nSPS) is 11.4. The second kappa shape index (κ2) is 2.83. The highest BCUT2D eigenvalue weighted by molar-refractivity contribution is 5.78. The molecular weight excluding hydrogens is 162 g/mol. The lowest BCUT2D eigenvalue weighted by Gasteiger charge is -2.06. The Kier molecular flexibility index (Phi) is 1.79. The van der Waals surface area contributed by atoms with E-state index in [1.54, 1.807) is 0 Å². The number of aryl methyl sites for hydroxylation is 1. The fourth-order valence-electron chi connectivity index (χ4n) is 1.61. The van der Waals surface area contributed by atoms with E-state index in [2.05, 4.69) is 30.2 Å². The van der Waals surface area contributed by atoms with E-state index >= 15 is 0 Å². The van der Waals surface area contributed by atoms with E-state index in [1.807, 2.05) is 23.9 Å². The third kappa shape index (κ3) is 1.20. The van der Waals surface area contributed by atoms with Gasteiger partial charge in [-0.1, -0.05) is 31.2 Å².